The van der Waals surface area contributed by atoms with Crippen LogP contribution in [-0.2, 0) is 14.8 Å². The molecule has 6 nitrogen and oxygen atoms in total. The van der Waals surface area contributed by atoms with Crippen molar-refractivity contribution in [1.82, 2.24) is 9.29 Å². The quantitative estimate of drug-likeness (QED) is 0.603. The van der Waals surface area contributed by atoms with Gasteiger partial charge in [0, 0.05) is 22.8 Å². The molecule has 0 amide bonds. The molecule has 1 saturated carbocycles. The smallest absolute Gasteiger partial charge is 0.253 e. The first kappa shape index (κ1) is 23.2. The third-order valence-corrected chi connectivity index (χ3v) is 6.76. The van der Waals surface area contributed by atoms with Gasteiger partial charge in [0.15, 0.2) is 0 Å². The van der Waals surface area contributed by atoms with E-state index in [0.717, 1.165) is 36.4 Å². The van der Waals surface area contributed by atoms with Crippen LogP contribution in [0.25, 0.3) is 0 Å². The van der Waals surface area contributed by atoms with Crippen LogP contribution in [0.15, 0.2) is 51.9 Å². The third kappa shape index (κ3) is 6.51. The zero-order valence-electron chi connectivity index (χ0n) is 17.4. The predicted octanol–water partition coefficient (Wildman–Crippen LogP) is 3.75. The monoisotopic (exact) mass is 496 g/mol. The number of aromatic nitrogens is 1. The Labute approximate surface area is 186 Å². The first-order valence-electron chi connectivity index (χ1n) is 10.2. The van der Waals surface area contributed by atoms with Gasteiger partial charge in [-0.1, -0.05) is 30.3 Å². The van der Waals surface area contributed by atoms with E-state index in [1.807, 2.05) is 6.07 Å². The van der Waals surface area contributed by atoms with Gasteiger partial charge in [-0.15, -0.1) is 0 Å². The summed E-state index contributed by atoms with van der Waals surface area (Å²) in [6, 6.07) is 11.9. The first-order valence-corrected chi connectivity index (χ1v) is 12.9. The molecule has 1 heterocycles. The van der Waals surface area contributed by atoms with Crippen LogP contribution in [0.4, 0.5) is 0 Å². The fraction of sp³-hybridized carbons (Fsp3) is 0.500. The average Bonchev–Trinajstić information content (AvgIpc) is 2.71. The molecule has 1 aliphatic carbocycles. The Balaban J connectivity index is 1.65. The minimum atomic E-state index is -3.37. The highest BCUT2D eigenvalue weighted by atomic mass is 79.9. The van der Waals surface area contributed by atoms with Gasteiger partial charge in [-0.05, 0) is 66.1 Å². The van der Waals surface area contributed by atoms with E-state index >= 15 is 0 Å². The fourth-order valence-corrected chi connectivity index (χ4v) is 5.05. The largest absolute Gasteiger partial charge is 0.376 e. The summed E-state index contributed by atoms with van der Waals surface area (Å²) in [6.45, 7) is 2.13. The maximum Gasteiger partial charge on any atom is 0.253 e. The number of sulfonamides is 1. The molecule has 1 aromatic carbocycles. The van der Waals surface area contributed by atoms with Crippen molar-refractivity contribution in [1.29, 1.82) is 0 Å². The maximum absolute atomic E-state index is 12.6. The molecule has 1 N–H and O–H groups in total. The normalized spacial score (nSPS) is 20.8. The molecule has 30 heavy (non-hydrogen) atoms. The molecule has 1 aromatic heterocycles. The summed E-state index contributed by atoms with van der Waals surface area (Å²) in [6.07, 6.45) is 6.98. The number of rotatable bonds is 8. The van der Waals surface area contributed by atoms with Crippen LogP contribution < -0.4 is 10.3 Å². The molecule has 8 heteroatoms. The zero-order chi connectivity index (χ0) is 21.7. The summed E-state index contributed by atoms with van der Waals surface area (Å²) in [5.74, 6) is 0.559. The molecule has 1 atom stereocenters. The van der Waals surface area contributed by atoms with Crippen molar-refractivity contribution in [3.63, 3.8) is 0 Å². The Morgan fingerprint density at radius 3 is 2.50 bits per heavy atom. The molecular weight excluding hydrogens is 468 g/mol. The maximum atomic E-state index is 12.6. The Morgan fingerprint density at radius 1 is 1.20 bits per heavy atom. The number of aryl methyl sites for hydroxylation is 1. The number of nitrogens with zero attached hydrogens (tertiary/aromatic N) is 1. The number of hydrogen-bond donors (Lipinski definition) is 1. The van der Waals surface area contributed by atoms with Crippen molar-refractivity contribution < 1.29 is 13.2 Å². The summed E-state index contributed by atoms with van der Waals surface area (Å²) in [7, 11) is -3.37. The number of benzene rings is 1. The SMILES string of the molecule is Cc1cc(Br)cn(C(CNS(C)(=O)=O)COC2CCC(c3ccccc3)CC2)c1=O. The van der Waals surface area contributed by atoms with Crippen LogP contribution in [0.5, 0.6) is 0 Å². The van der Waals surface area contributed by atoms with E-state index in [9.17, 15) is 13.2 Å². The molecule has 0 saturated heterocycles. The van der Waals surface area contributed by atoms with E-state index < -0.39 is 16.1 Å². The second-order valence-corrected chi connectivity index (χ2v) is 10.8. The van der Waals surface area contributed by atoms with Crippen LogP contribution in [0.1, 0.15) is 48.8 Å². The summed E-state index contributed by atoms with van der Waals surface area (Å²) in [4.78, 5) is 12.6. The van der Waals surface area contributed by atoms with E-state index in [4.69, 9.17) is 4.74 Å². The Hall–Kier alpha value is -1.48. The van der Waals surface area contributed by atoms with Gasteiger partial charge in [-0.3, -0.25) is 4.79 Å². The Kier molecular flexibility index (Phi) is 7.90. The van der Waals surface area contributed by atoms with Gasteiger partial charge in [0.2, 0.25) is 10.0 Å². The lowest BCUT2D eigenvalue weighted by molar-refractivity contribution is 0.00732. The highest BCUT2D eigenvalue weighted by Gasteiger charge is 2.24. The topological polar surface area (TPSA) is 77.4 Å². The van der Waals surface area contributed by atoms with Gasteiger partial charge < -0.3 is 9.30 Å². The molecule has 3 rings (SSSR count). The van der Waals surface area contributed by atoms with Crippen molar-refractivity contribution in [2.75, 3.05) is 19.4 Å². The molecule has 0 bridgehead atoms. The van der Waals surface area contributed by atoms with Crippen LogP contribution in [-0.4, -0.2) is 38.5 Å². The highest BCUT2D eigenvalue weighted by molar-refractivity contribution is 9.10. The number of pyridine rings is 1. The summed E-state index contributed by atoms with van der Waals surface area (Å²) < 4.78 is 34.3. The second-order valence-electron chi connectivity index (χ2n) is 8.05. The van der Waals surface area contributed by atoms with E-state index in [0.29, 0.717) is 11.5 Å². The molecule has 0 radical (unpaired) electrons. The lowest BCUT2D eigenvalue weighted by Crippen LogP contribution is -2.38. The minimum absolute atomic E-state index is 0.105. The van der Waals surface area contributed by atoms with Gasteiger partial charge in [0.25, 0.3) is 5.56 Å². The fourth-order valence-electron chi connectivity index (χ4n) is 3.99. The van der Waals surface area contributed by atoms with Gasteiger partial charge in [0.05, 0.1) is 25.0 Å². The van der Waals surface area contributed by atoms with Gasteiger partial charge >= 0.3 is 0 Å². The third-order valence-electron chi connectivity index (χ3n) is 5.63. The summed E-state index contributed by atoms with van der Waals surface area (Å²) in [5.41, 5.74) is 1.83. The van der Waals surface area contributed by atoms with E-state index in [-0.39, 0.29) is 24.8 Å². The Bertz CT molecular complexity index is 1000. The lowest BCUT2D eigenvalue weighted by atomic mass is 9.83. The number of hydrogen-bond acceptors (Lipinski definition) is 4. The minimum Gasteiger partial charge on any atom is -0.376 e. The van der Waals surface area contributed by atoms with Gasteiger partial charge in [-0.2, -0.15) is 0 Å². The average molecular weight is 497 g/mol. The number of nitrogens with one attached hydrogen (secondary N) is 1. The first-order chi connectivity index (χ1) is 14.2. The molecule has 2 aromatic rings. The van der Waals surface area contributed by atoms with Crippen molar-refractivity contribution in [3.8, 4) is 0 Å². The molecule has 0 aliphatic heterocycles. The highest BCUT2D eigenvalue weighted by Crippen LogP contribution is 2.34. The summed E-state index contributed by atoms with van der Waals surface area (Å²) >= 11 is 3.42. The van der Waals surface area contributed by atoms with E-state index in [1.165, 1.54) is 5.56 Å². The zero-order valence-corrected chi connectivity index (χ0v) is 19.8. The van der Waals surface area contributed by atoms with Crippen LogP contribution in [0.3, 0.4) is 0 Å². The van der Waals surface area contributed by atoms with Gasteiger partial charge in [-0.25, -0.2) is 13.1 Å². The number of ether oxygens (including phenoxy) is 1. The van der Waals surface area contributed by atoms with Crippen molar-refractivity contribution >= 4 is 26.0 Å². The standard InChI is InChI=1S/C22H29BrN2O4S/c1-16-12-19(23)14-25(22(16)26)20(13-24-30(2,27)28)15-29-21-10-8-18(9-11-21)17-6-4-3-5-7-17/h3-7,12,14,18,20-21,24H,8-11,13,15H2,1-2H3. The summed E-state index contributed by atoms with van der Waals surface area (Å²) in [5, 5.41) is 0. The van der Waals surface area contributed by atoms with Crippen LogP contribution in [0.2, 0.25) is 0 Å². The molecule has 1 unspecified atom stereocenters. The number of halogens is 1. The molecular formula is C22H29BrN2O4S. The Morgan fingerprint density at radius 2 is 1.87 bits per heavy atom. The van der Waals surface area contributed by atoms with Crippen LogP contribution in [0, 0.1) is 6.92 Å². The molecule has 1 fully saturated rings. The van der Waals surface area contributed by atoms with Crippen molar-refractivity contribution in [2.45, 2.75) is 50.7 Å². The predicted molar refractivity (Wildman–Crippen MR) is 122 cm³/mol. The molecule has 164 valence electrons. The van der Waals surface area contributed by atoms with E-state index in [1.54, 1.807) is 23.8 Å². The van der Waals surface area contributed by atoms with Gasteiger partial charge in [0.1, 0.15) is 0 Å². The molecule has 0 spiro atoms. The van der Waals surface area contributed by atoms with E-state index in [2.05, 4.69) is 44.9 Å². The lowest BCUT2D eigenvalue weighted by Gasteiger charge is -2.30. The molecule has 1 aliphatic rings. The van der Waals surface area contributed by atoms with Crippen molar-refractivity contribution in [3.05, 3.63) is 68.5 Å². The van der Waals surface area contributed by atoms with Crippen LogP contribution >= 0.6 is 15.9 Å². The van der Waals surface area contributed by atoms with Crippen molar-refractivity contribution in [2.24, 2.45) is 0 Å². The second kappa shape index (κ2) is 10.2.